The highest BCUT2D eigenvalue weighted by atomic mass is 16.5. The van der Waals surface area contributed by atoms with E-state index in [9.17, 15) is 0 Å². The molecule has 0 radical (unpaired) electrons. The zero-order valence-corrected chi connectivity index (χ0v) is 14.3. The van der Waals surface area contributed by atoms with Crippen LogP contribution in [0.15, 0.2) is 24.3 Å². The van der Waals surface area contributed by atoms with E-state index >= 15 is 0 Å². The zero-order chi connectivity index (χ0) is 15.5. The van der Waals surface area contributed by atoms with Gasteiger partial charge >= 0.3 is 0 Å². The second-order valence-electron chi connectivity index (χ2n) is 7.76. The van der Waals surface area contributed by atoms with Crippen LogP contribution >= 0.6 is 0 Å². The van der Waals surface area contributed by atoms with Crippen molar-refractivity contribution in [2.24, 2.45) is 11.8 Å². The molecule has 0 bridgehead atoms. The minimum Gasteiger partial charge on any atom is -0.373 e. The molecule has 2 heteroatoms. The molecule has 1 heterocycles. The molecule has 0 saturated carbocycles. The standard InChI is InChI=1S/C19H31NO/c1-14(2)12-20-13-16-10-11-21-18(16)15-6-8-17(9-7-15)19(3,4)5/h6-9,14,16,18,20H,10-13H2,1-5H3. The topological polar surface area (TPSA) is 21.3 Å². The highest BCUT2D eigenvalue weighted by Gasteiger charge is 2.29. The Balaban J connectivity index is 1.99. The molecule has 0 aliphatic carbocycles. The summed E-state index contributed by atoms with van der Waals surface area (Å²) in [7, 11) is 0. The number of rotatable bonds is 5. The van der Waals surface area contributed by atoms with Crippen molar-refractivity contribution < 1.29 is 4.74 Å². The van der Waals surface area contributed by atoms with Crippen molar-refractivity contribution >= 4 is 0 Å². The Labute approximate surface area is 130 Å². The fourth-order valence-electron chi connectivity index (χ4n) is 2.94. The highest BCUT2D eigenvalue weighted by Crippen LogP contribution is 2.35. The van der Waals surface area contributed by atoms with Crippen LogP contribution in [0.1, 0.15) is 58.3 Å². The van der Waals surface area contributed by atoms with Gasteiger partial charge < -0.3 is 10.1 Å². The van der Waals surface area contributed by atoms with E-state index in [2.05, 4.69) is 64.2 Å². The van der Waals surface area contributed by atoms with Crippen LogP contribution < -0.4 is 5.32 Å². The van der Waals surface area contributed by atoms with E-state index in [1.807, 2.05) is 0 Å². The normalized spacial score (nSPS) is 23.0. The highest BCUT2D eigenvalue weighted by molar-refractivity contribution is 5.29. The molecular formula is C19H31NO. The van der Waals surface area contributed by atoms with E-state index < -0.39 is 0 Å². The SMILES string of the molecule is CC(C)CNCC1CCOC1c1ccc(C(C)(C)C)cc1. The van der Waals surface area contributed by atoms with Gasteiger partial charge in [-0.2, -0.15) is 0 Å². The molecule has 2 rings (SSSR count). The van der Waals surface area contributed by atoms with Crippen molar-refractivity contribution in [3.63, 3.8) is 0 Å². The Hall–Kier alpha value is -0.860. The third kappa shape index (κ3) is 4.55. The molecule has 1 fully saturated rings. The van der Waals surface area contributed by atoms with Gasteiger partial charge in [0.1, 0.15) is 0 Å². The number of benzene rings is 1. The molecule has 1 aromatic carbocycles. The second-order valence-corrected chi connectivity index (χ2v) is 7.76. The lowest BCUT2D eigenvalue weighted by molar-refractivity contribution is 0.0903. The van der Waals surface area contributed by atoms with E-state index in [1.165, 1.54) is 11.1 Å². The molecule has 2 unspecified atom stereocenters. The van der Waals surface area contributed by atoms with Gasteiger partial charge in [-0.3, -0.25) is 0 Å². The van der Waals surface area contributed by atoms with E-state index in [-0.39, 0.29) is 11.5 Å². The molecule has 0 aromatic heterocycles. The maximum absolute atomic E-state index is 5.99. The first kappa shape index (κ1) is 16.5. The van der Waals surface area contributed by atoms with Gasteiger partial charge in [-0.15, -0.1) is 0 Å². The molecule has 1 aliphatic heterocycles. The number of nitrogens with one attached hydrogen (secondary N) is 1. The molecule has 1 aliphatic rings. The lowest BCUT2D eigenvalue weighted by Gasteiger charge is -2.23. The summed E-state index contributed by atoms with van der Waals surface area (Å²) in [5.74, 6) is 1.31. The number of ether oxygens (including phenoxy) is 1. The largest absolute Gasteiger partial charge is 0.373 e. The summed E-state index contributed by atoms with van der Waals surface area (Å²) in [6.07, 6.45) is 1.43. The number of hydrogen-bond donors (Lipinski definition) is 1. The molecular weight excluding hydrogens is 258 g/mol. The van der Waals surface area contributed by atoms with Gasteiger partial charge in [-0.05, 0) is 35.4 Å². The maximum atomic E-state index is 5.99. The summed E-state index contributed by atoms with van der Waals surface area (Å²) in [5, 5.41) is 3.58. The summed E-state index contributed by atoms with van der Waals surface area (Å²) in [4.78, 5) is 0. The van der Waals surface area contributed by atoms with Crippen molar-refractivity contribution in [1.82, 2.24) is 5.32 Å². The molecule has 2 nitrogen and oxygen atoms in total. The first-order chi connectivity index (χ1) is 9.88. The van der Waals surface area contributed by atoms with E-state index in [0.29, 0.717) is 11.8 Å². The van der Waals surface area contributed by atoms with Gasteiger partial charge in [0.05, 0.1) is 6.10 Å². The van der Waals surface area contributed by atoms with Crippen molar-refractivity contribution in [1.29, 1.82) is 0 Å². The smallest absolute Gasteiger partial charge is 0.0866 e. The summed E-state index contributed by atoms with van der Waals surface area (Å²) >= 11 is 0. The van der Waals surface area contributed by atoms with Crippen LogP contribution in [0.25, 0.3) is 0 Å². The van der Waals surface area contributed by atoms with Gasteiger partial charge in [-0.1, -0.05) is 58.9 Å². The molecule has 118 valence electrons. The monoisotopic (exact) mass is 289 g/mol. The summed E-state index contributed by atoms with van der Waals surface area (Å²) in [6, 6.07) is 9.03. The van der Waals surface area contributed by atoms with Gasteiger partial charge in [0, 0.05) is 19.1 Å². The summed E-state index contributed by atoms with van der Waals surface area (Å²) in [5.41, 5.74) is 2.93. The first-order valence-corrected chi connectivity index (χ1v) is 8.30. The lowest BCUT2D eigenvalue weighted by atomic mass is 9.85. The fourth-order valence-corrected chi connectivity index (χ4v) is 2.94. The van der Waals surface area contributed by atoms with E-state index in [4.69, 9.17) is 4.74 Å². The third-order valence-electron chi connectivity index (χ3n) is 4.28. The van der Waals surface area contributed by atoms with Crippen molar-refractivity contribution in [3.05, 3.63) is 35.4 Å². The average Bonchev–Trinajstić information content (AvgIpc) is 2.86. The first-order valence-electron chi connectivity index (χ1n) is 8.30. The molecule has 1 aromatic rings. The van der Waals surface area contributed by atoms with Gasteiger partial charge in [0.15, 0.2) is 0 Å². The molecule has 1 N–H and O–H groups in total. The van der Waals surface area contributed by atoms with Crippen molar-refractivity contribution in [3.8, 4) is 0 Å². The van der Waals surface area contributed by atoms with Gasteiger partial charge in [-0.25, -0.2) is 0 Å². The zero-order valence-electron chi connectivity index (χ0n) is 14.3. The quantitative estimate of drug-likeness (QED) is 0.872. The molecule has 0 amide bonds. The molecule has 0 spiro atoms. The van der Waals surface area contributed by atoms with Crippen molar-refractivity contribution in [2.45, 2.75) is 52.6 Å². The Bertz CT molecular complexity index is 430. The van der Waals surface area contributed by atoms with Crippen LogP contribution in [0.5, 0.6) is 0 Å². The predicted molar refractivity (Wildman–Crippen MR) is 89.6 cm³/mol. The van der Waals surface area contributed by atoms with Crippen LogP contribution in [-0.2, 0) is 10.2 Å². The minimum atomic E-state index is 0.216. The second kappa shape index (κ2) is 6.93. The van der Waals surface area contributed by atoms with Crippen molar-refractivity contribution in [2.75, 3.05) is 19.7 Å². The summed E-state index contributed by atoms with van der Waals surface area (Å²) < 4.78 is 5.99. The summed E-state index contributed by atoms with van der Waals surface area (Å²) in [6.45, 7) is 14.3. The Morgan fingerprint density at radius 1 is 1.19 bits per heavy atom. The molecule has 1 saturated heterocycles. The van der Waals surface area contributed by atoms with Crippen LogP contribution in [0.3, 0.4) is 0 Å². The Kier molecular flexibility index (Phi) is 5.45. The van der Waals surface area contributed by atoms with Gasteiger partial charge in [0.25, 0.3) is 0 Å². The Morgan fingerprint density at radius 2 is 1.86 bits per heavy atom. The average molecular weight is 289 g/mol. The predicted octanol–water partition coefficient (Wildman–Crippen LogP) is 4.31. The van der Waals surface area contributed by atoms with E-state index in [1.54, 1.807) is 0 Å². The Morgan fingerprint density at radius 3 is 2.43 bits per heavy atom. The van der Waals surface area contributed by atoms with Crippen LogP contribution in [0.4, 0.5) is 0 Å². The van der Waals surface area contributed by atoms with Gasteiger partial charge in [0.2, 0.25) is 0 Å². The van der Waals surface area contributed by atoms with Crippen LogP contribution in [0.2, 0.25) is 0 Å². The fraction of sp³-hybridized carbons (Fsp3) is 0.684. The molecule has 2 atom stereocenters. The van der Waals surface area contributed by atoms with E-state index in [0.717, 1.165) is 26.1 Å². The lowest BCUT2D eigenvalue weighted by Crippen LogP contribution is -2.28. The number of hydrogen-bond acceptors (Lipinski definition) is 2. The minimum absolute atomic E-state index is 0.216. The third-order valence-corrected chi connectivity index (χ3v) is 4.28. The maximum Gasteiger partial charge on any atom is 0.0866 e. The molecule has 21 heavy (non-hydrogen) atoms. The van der Waals surface area contributed by atoms with Crippen LogP contribution in [-0.4, -0.2) is 19.7 Å². The van der Waals surface area contributed by atoms with Crippen LogP contribution in [0, 0.1) is 11.8 Å².